The summed E-state index contributed by atoms with van der Waals surface area (Å²) < 4.78 is 41.4. The molecule has 6 heteroatoms. The summed E-state index contributed by atoms with van der Waals surface area (Å²) in [6.07, 6.45) is -3.02. The van der Waals surface area contributed by atoms with Gasteiger partial charge < -0.3 is 4.74 Å². The van der Waals surface area contributed by atoms with E-state index in [4.69, 9.17) is 0 Å². The normalized spacial score (nSPS) is 13.0. The molecule has 0 aliphatic rings. The number of nitrogens with one attached hydrogen (secondary N) is 1. The molecule has 0 amide bonds. The number of H-pyrrole nitrogens is 1. The first-order valence-corrected chi connectivity index (χ1v) is 3.58. The summed E-state index contributed by atoms with van der Waals surface area (Å²) in [5.74, 6) is -0.0673. The Kier molecular flexibility index (Phi) is 2.23. The zero-order valence-electron chi connectivity index (χ0n) is 7.14. The standard InChI is InChI=1S/C7H9F3N2O/c1-6(2,7(8,9)10)13-5-3-4-11-12-5/h3-4H,1-2H3,(H,11,12). The Bertz CT molecular complexity index is 266. The van der Waals surface area contributed by atoms with Crippen LogP contribution in [0.5, 0.6) is 5.88 Å². The van der Waals surface area contributed by atoms with Gasteiger partial charge in [0, 0.05) is 12.3 Å². The Hall–Kier alpha value is -1.20. The molecule has 74 valence electrons. The van der Waals surface area contributed by atoms with Crippen LogP contribution in [0.25, 0.3) is 0 Å². The molecular weight excluding hydrogens is 185 g/mol. The van der Waals surface area contributed by atoms with Crippen LogP contribution in [0, 0.1) is 0 Å². The summed E-state index contributed by atoms with van der Waals surface area (Å²) in [6, 6.07) is 1.33. The van der Waals surface area contributed by atoms with Crippen molar-refractivity contribution in [1.82, 2.24) is 10.2 Å². The maximum atomic E-state index is 12.3. The molecule has 0 atom stereocenters. The van der Waals surface area contributed by atoms with E-state index in [1.807, 2.05) is 0 Å². The van der Waals surface area contributed by atoms with Crippen LogP contribution in [0.3, 0.4) is 0 Å². The molecule has 0 saturated heterocycles. The molecule has 0 bridgehead atoms. The van der Waals surface area contributed by atoms with Crippen LogP contribution < -0.4 is 4.74 Å². The molecule has 1 aromatic heterocycles. The Morgan fingerprint density at radius 3 is 2.38 bits per heavy atom. The van der Waals surface area contributed by atoms with Crippen molar-refractivity contribution in [2.75, 3.05) is 0 Å². The predicted octanol–water partition coefficient (Wildman–Crippen LogP) is 2.13. The Morgan fingerprint density at radius 1 is 1.38 bits per heavy atom. The molecule has 1 N–H and O–H groups in total. The van der Waals surface area contributed by atoms with Gasteiger partial charge in [0.25, 0.3) is 0 Å². The quantitative estimate of drug-likeness (QED) is 0.783. The lowest BCUT2D eigenvalue weighted by molar-refractivity contribution is -0.235. The minimum absolute atomic E-state index is 0.0673. The van der Waals surface area contributed by atoms with Gasteiger partial charge in [0.15, 0.2) is 5.60 Å². The Morgan fingerprint density at radius 2 is 2.00 bits per heavy atom. The largest absolute Gasteiger partial charge is 0.461 e. The second-order valence-corrected chi connectivity index (χ2v) is 3.02. The highest BCUT2D eigenvalue weighted by Gasteiger charge is 2.50. The van der Waals surface area contributed by atoms with Crippen LogP contribution in [0.2, 0.25) is 0 Å². The monoisotopic (exact) mass is 194 g/mol. The molecule has 0 spiro atoms. The zero-order valence-corrected chi connectivity index (χ0v) is 7.14. The van der Waals surface area contributed by atoms with E-state index in [0.717, 1.165) is 13.8 Å². The van der Waals surface area contributed by atoms with Gasteiger partial charge in [-0.25, -0.2) is 0 Å². The third-order valence-corrected chi connectivity index (χ3v) is 1.52. The number of hydrogen-bond acceptors (Lipinski definition) is 2. The van der Waals surface area contributed by atoms with E-state index in [1.54, 1.807) is 0 Å². The van der Waals surface area contributed by atoms with Gasteiger partial charge in [0.2, 0.25) is 5.88 Å². The first kappa shape index (κ1) is 9.88. The lowest BCUT2D eigenvalue weighted by Gasteiger charge is -2.27. The molecule has 1 aromatic rings. The van der Waals surface area contributed by atoms with E-state index in [9.17, 15) is 13.2 Å². The van der Waals surface area contributed by atoms with Gasteiger partial charge in [-0.1, -0.05) is 0 Å². The molecule has 0 aliphatic carbocycles. The van der Waals surface area contributed by atoms with Crippen LogP contribution in [0.1, 0.15) is 13.8 Å². The van der Waals surface area contributed by atoms with Gasteiger partial charge in [0.1, 0.15) is 0 Å². The summed E-state index contributed by atoms with van der Waals surface area (Å²) in [4.78, 5) is 0. The van der Waals surface area contributed by atoms with Crippen LogP contribution >= 0.6 is 0 Å². The van der Waals surface area contributed by atoms with Crippen LogP contribution in [0.15, 0.2) is 12.3 Å². The van der Waals surface area contributed by atoms with Gasteiger partial charge in [-0.3, -0.25) is 5.10 Å². The van der Waals surface area contributed by atoms with Gasteiger partial charge in [-0.05, 0) is 13.8 Å². The van der Waals surface area contributed by atoms with E-state index in [1.165, 1.54) is 12.3 Å². The molecule has 0 unspecified atom stereocenters. The van der Waals surface area contributed by atoms with E-state index < -0.39 is 11.8 Å². The molecule has 1 rings (SSSR count). The fraction of sp³-hybridized carbons (Fsp3) is 0.571. The number of hydrogen-bond donors (Lipinski definition) is 1. The fourth-order valence-corrected chi connectivity index (χ4v) is 0.623. The number of ether oxygens (including phenoxy) is 1. The Balaban J connectivity index is 2.73. The van der Waals surface area contributed by atoms with Crippen molar-refractivity contribution in [1.29, 1.82) is 0 Å². The molecular formula is C7H9F3N2O. The first-order valence-electron chi connectivity index (χ1n) is 3.58. The van der Waals surface area contributed by atoms with Crippen molar-refractivity contribution in [3.63, 3.8) is 0 Å². The predicted molar refractivity (Wildman–Crippen MR) is 39.3 cm³/mol. The number of aromatic amines is 1. The average molecular weight is 194 g/mol. The van der Waals surface area contributed by atoms with Crippen molar-refractivity contribution in [2.45, 2.75) is 25.6 Å². The first-order chi connectivity index (χ1) is 5.83. The van der Waals surface area contributed by atoms with E-state index in [-0.39, 0.29) is 5.88 Å². The van der Waals surface area contributed by atoms with Gasteiger partial charge >= 0.3 is 6.18 Å². The van der Waals surface area contributed by atoms with E-state index in [0.29, 0.717) is 0 Å². The highest BCUT2D eigenvalue weighted by atomic mass is 19.4. The topological polar surface area (TPSA) is 37.9 Å². The molecule has 3 nitrogen and oxygen atoms in total. The van der Waals surface area contributed by atoms with Crippen LogP contribution in [0.4, 0.5) is 13.2 Å². The van der Waals surface area contributed by atoms with Crippen molar-refractivity contribution in [3.05, 3.63) is 12.3 Å². The Labute approximate surface area is 72.9 Å². The molecule has 0 radical (unpaired) electrons. The SMILES string of the molecule is CC(C)(Oc1cc[nH]n1)C(F)(F)F. The number of nitrogens with zero attached hydrogens (tertiary/aromatic N) is 1. The van der Waals surface area contributed by atoms with Crippen molar-refractivity contribution >= 4 is 0 Å². The summed E-state index contributed by atoms with van der Waals surface area (Å²) in [7, 11) is 0. The van der Waals surface area contributed by atoms with Crippen molar-refractivity contribution in [3.8, 4) is 5.88 Å². The molecule has 0 aromatic carbocycles. The minimum Gasteiger partial charge on any atom is -0.461 e. The zero-order chi connectivity index (χ0) is 10.1. The van der Waals surface area contributed by atoms with E-state index in [2.05, 4.69) is 14.9 Å². The van der Waals surface area contributed by atoms with Crippen molar-refractivity contribution in [2.24, 2.45) is 0 Å². The number of alkyl halides is 3. The van der Waals surface area contributed by atoms with E-state index >= 15 is 0 Å². The number of aromatic nitrogens is 2. The second kappa shape index (κ2) is 2.93. The summed E-state index contributed by atoms with van der Waals surface area (Å²) in [6.45, 7) is 1.89. The highest BCUT2D eigenvalue weighted by molar-refractivity contribution is 5.06. The van der Waals surface area contributed by atoms with Crippen LogP contribution in [-0.4, -0.2) is 22.0 Å². The summed E-state index contributed by atoms with van der Waals surface area (Å²) in [5, 5.41) is 5.83. The fourth-order valence-electron chi connectivity index (χ4n) is 0.623. The highest BCUT2D eigenvalue weighted by Crippen LogP contribution is 2.33. The summed E-state index contributed by atoms with van der Waals surface area (Å²) in [5.41, 5.74) is -2.22. The van der Waals surface area contributed by atoms with Gasteiger partial charge in [-0.2, -0.15) is 13.2 Å². The van der Waals surface area contributed by atoms with Crippen molar-refractivity contribution < 1.29 is 17.9 Å². The molecule has 0 saturated carbocycles. The maximum absolute atomic E-state index is 12.3. The average Bonchev–Trinajstić information content (AvgIpc) is 2.35. The lowest BCUT2D eigenvalue weighted by atomic mass is 10.1. The third-order valence-electron chi connectivity index (χ3n) is 1.52. The molecule has 1 heterocycles. The molecule has 0 fully saturated rings. The molecule has 0 aliphatic heterocycles. The third kappa shape index (κ3) is 2.13. The second-order valence-electron chi connectivity index (χ2n) is 3.02. The van der Waals surface area contributed by atoms with Gasteiger partial charge in [-0.15, -0.1) is 5.10 Å². The maximum Gasteiger partial charge on any atom is 0.427 e. The lowest BCUT2D eigenvalue weighted by Crippen LogP contribution is -2.44. The minimum atomic E-state index is -4.41. The smallest absolute Gasteiger partial charge is 0.427 e. The summed E-state index contributed by atoms with van der Waals surface area (Å²) >= 11 is 0. The number of rotatable bonds is 2. The molecule has 13 heavy (non-hydrogen) atoms. The van der Waals surface area contributed by atoms with Crippen LogP contribution in [-0.2, 0) is 0 Å². The number of halogens is 3. The van der Waals surface area contributed by atoms with Gasteiger partial charge in [0.05, 0.1) is 0 Å².